The van der Waals surface area contributed by atoms with Crippen molar-refractivity contribution < 1.29 is 19.1 Å². The number of piperazine rings is 1. The maximum Gasteiger partial charge on any atom is 0.342 e. The van der Waals surface area contributed by atoms with Crippen LogP contribution in [-0.4, -0.2) is 69.8 Å². The molecule has 0 spiro atoms. The van der Waals surface area contributed by atoms with Crippen LogP contribution in [0.4, 0.5) is 0 Å². The van der Waals surface area contributed by atoms with Crippen LogP contribution in [-0.2, 0) is 9.53 Å². The lowest BCUT2D eigenvalue weighted by molar-refractivity contribution is -0.138. The van der Waals surface area contributed by atoms with Gasteiger partial charge in [0.15, 0.2) is 5.82 Å². The predicted molar refractivity (Wildman–Crippen MR) is 125 cm³/mol. The van der Waals surface area contributed by atoms with Gasteiger partial charge in [0.05, 0.1) is 5.69 Å². The molecule has 3 rings (SSSR count). The lowest BCUT2D eigenvalue weighted by Gasteiger charge is -2.40. The number of rotatable bonds is 6. The largest absolute Gasteiger partial charge is 0.458 e. The second-order valence-corrected chi connectivity index (χ2v) is 8.40. The number of benzene rings is 1. The first-order valence-electron chi connectivity index (χ1n) is 11.1. The molecule has 1 saturated heterocycles. The number of carbonyl (C=O) groups is 3. The summed E-state index contributed by atoms with van der Waals surface area (Å²) in [6.45, 7) is 12.0. The van der Waals surface area contributed by atoms with Gasteiger partial charge in [0.25, 0.3) is 5.91 Å². The van der Waals surface area contributed by atoms with E-state index in [1.54, 1.807) is 16.7 Å². The van der Waals surface area contributed by atoms with Gasteiger partial charge in [-0.2, -0.15) is 0 Å². The van der Waals surface area contributed by atoms with Crippen LogP contribution >= 0.6 is 0 Å². The van der Waals surface area contributed by atoms with E-state index < -0.39 is 5.97 Å². The zero-order valence-electron chi connectivity index (χ0n) is 19.6. The summed E-state index contributed by atoms with van der Waals surface area (Å²) in [5, 5.41) is 0. The highest BCUT2D eigenvalue weighted by Gasteiger charge is 2.34. The van der Waals surface area contributed by atoms with Gasteiger partial charge in [-0.1, -0.05) is 56.8 Å². The molecule has 1 aromatic heterocycles. The molecule has 2 heterocycles. The zero-order chi connectivity index (χ0) is 24.1. The van der Waals surface area contributed by atoms with Gasteiger partial charge in [-0.25, -0.2) is 14.8 Å². The molecule has 1 aliphatic heterocycles. The third-order valence-corrected chi connectivity index (χ3v) is 5.55. The standard InChI is InChI=1S/C25H30N4O4/c1-6-14-33-25(32)20-18(5)26-22(19-10-8-7-9-11-19)27-21(20)24(31)28-12-13-29(17(4)15-28)23(30)16(2)3/h6-11,16-17H,1,12-15H2,2-5H3. The summed E-state index contributed by atoms with van der Waals surface area (Å²) in [6.07, 6.45) is 1.46. The number of nitrogens with zero attached hydrogens (tertiary/aromatic N) is 4. The first-order valence-corrected chi connectivity index (χ1v) is 11.1. The number of ether oxygens (including phenoxy) is 1. The summed E-state index contributed by atoms with van der Waals surface area (Å²) in [4.78, 5) is 51.3. The molecule has 2 aromatic rings. The van der Waals surface area contributed by atoms with Crippen molar-refractivity contribution in [1.82, 2.24) is 19.8 Å². The Kier molecular flexibility index (Phi) is 7.58. The summed E-state index contributed by atoms with van der Waals surface area (Å²) in [5.74, 6) is -0.742. The third kappa shape index (κ3) is 5.27. The van der Waals surface area contributed by atoms with Crippen molar-refractivity contribution in [2.45, 2.75) is 33.7 Å². The van der Waals surface area contributed by atoms with E-state index in [4.69, 9.17) is 4.74 Å². The average molecular weight is 451 g/mol. The maximum atomic E-state index is 13.6. The van der Waals surface area contributed by atoms with Crippen LogP contribution in [0.5, 0.6) is 0 Å². The molecule has 0 aliphatic carbocycles. The smallest absolute Gasteiger partial charge is 0.342 e. The van der Waals surface area contributed by atoms with Crippen molar-refractivity contribution in [2.75, 3.05) is 26.2 Å². The van der Waals surface area contributed by atoms with Crippen LogP contribution in [0.3, 0.4) is 0 Å². The molecular formula is C25H30N4O4. The molecule has 0 radical (unpaired) electrons. The number of esters is 1. The molecule has 0 bridgehead atoms. The van der Waals surface area contributed by atoms with Gasteiger partial charge < -0.3 is 14.5 Å². The van der Waals surface area contributed by atoms with E-state index in [-0.39, 0.29) is 41.6 Å². The van der Waals surface area contributed by atoms with Crippen LogP contribution < -0.4 is 0 Å². The van der Waals surface area contributed by atoms with Crippen LogP contribution in [0, 0.1) is 12.8 Å². The zero-order valence-corrected chi connectivity index (χ0v) is 19.6. The molecule has 174 valence electrons. The molecule has 1 unspecified atom stereocenters. The van der Waals surface area contributed by atoms with Gasteiger partial charge in [-0.15, -0.1) is 0 Å². The minimum atomic E-state index is -0.669. The first-order chi connectivity index (χ1) is 15.7. The molecule has 1 atom stereocenters. The Morgan fingerprint density at radius 2 is 1.88 bits per heavy atom. The van der Waals surface area contributed by atoms with Crippen molar-refractivity contribution >= 4 is 17.8 Å². The Hall–Kier alpha value is -3.55. The van der Waals surface area contributed by atoms with Crippen LogP contribution in [0.1, 0.15) is 47.3 Å². The Morgan fingerprint density at radius 3 is 2.48 bits per heavy atom. The van der Waals surface area contributed by atoms with E-state index in [1.165, 1.54) is 6.08 Å². The van der Waals surface area contributed by atoms with Gasteiger partial charge >= 0.3 is 5.97 Å². The number of aryl methyl sites for hydroxylation is 1. The van der Waals surface area contributed by atoms with E-state index in [0.29, 0.717) is 31.2 Å². The Balaban J connectivity index is 1.98. The quantitative estimate of drug-likeness (QED) is 0.496. The minimum absolute atomic E-state index is 0.00579. The Bertz CT molecular complexity index is 1050. The number of hydrogen-bond donors (Lipinski definition) is 0. The summed E-state index contributed by atoms with van der Waals surface area (Å²) in [7, 11) is 0. The fourth-order valence-corrected chi connectivity index (χ4v) is 3.85. The molecule has 1 aliphatic rings. The SMILES string of the molecule is C=CCOC(=O)c1c(C)nc(-c2ccccc2)nc1C(=O)N1CCN(C(=O)C(C)C)C(C)C1. The number of aromatic nitrogens is 2. The number of carbonyl (C=O) groups excluding carboxylic acids is 3. The molecule has 8 heteroatoms. The highest BCUT2D eigenvalue weighted by molar-refractivity contribution is 6.05. The summed E-state index contributed by atoms with van der Waals surface area (Å²) in [5.41, 5.74) is 1.16. The minimum Gasteiger partial charge on any atom is -0.458 e. The molecule has 1 fully saturated rings. The van der Waals surface area contributed by atoms with Gasteiger partial charge in [0, 0.05) is 37.2 Å². The summed E-state index contributed by atoms with van der Waals surface area (Å²) >= 11 is 0. The molecular weight excluding hydrogens is 420 g/mol. The van der Waals surface area contributed by atoms with Gasteiger partial charge in [-0.3, -0.25) is 9.59 Å². The third-order valence-electron chi connectivity index (χ3n) is 5.55. The lowest BCUT2D eigenvalue weighted by Crippen LogP contribution is -2.56. The Labute approximate surface area is 194 Å². The average Bonchev–Trinajstić information content (AvgIpc) is 2.81. The van der Waals surface area contributed by atoms with E-state index in [2.05, 4.69) is 16.5 Å². The van der Waals surface area contributed by atoms with Gasteiger partial charge in [0.2, 0.25) is 5.91 Å². The van der Waals surface area contributed by atoms with Crippen molar-refractivity contribution in [3.63, 3.8) is 0 Å². The van der Waals surface area contributed by atoms with E-state index in [0.717, 1.165) is 5.56 Å². The van der Waals surface area contributed by atoms with Crippen molar-refractivity contribution in [1.29, 1.82) is 0 Å². The normalized spacial score (nSPS) is 16.0. The Morgan fingerprint density at radius 1 is 1.18 bits per heavy atom. The van der Waals surface area contributed by atoms with E-state index in [9.17, 15) is 14.4 Å². The molecule has 0 saturated carbocycles. The predicted octanol–water partition coefficient (Wildman–Crippen LogP) is 3.12. The fourth-order valence-electron chi connectivity index (χ4n) is 3.85. The van der Waals surface area contributed by atoms with Crippen molar-refractivity contribution in [2.24, 2.45) is 5.92 Å². The molecule has 8 nitrogen and oxygen atoms in total. The van der Waals surface area contributed by atoms with Crippen LogP contribution in [0.25, 0.3) is 11.4 Å². The van der Waals surface area contributed by atoms with Crippen molar-refractivity contribution in [3.05, 3.63) is 59.9 Å². The molecule has 0 N–H and O–H groups in total. The fraction of sp³-hybridized carbons (Fsp3) is 0.400. The highest BCUT2D eigenvalue weighted by Crippen LogP contribution is 2.23. The molecule has 1 aromatic carbocycles. The summed E-state index contributed by atoms with van der Waals surface area (Å²) < 4.78 is 5.22. The highest BCUT2D eigenvalue weighted by atomic mass is 16.5. The van der Waals surface area contributed by atoms with Crippen molar-refractivity contribution in [3.8, 4) is 11.4 Å². The van der Waals surface area contributed by atoms with Crippen LogP contribution in [0.2, 0.25) is 0 Å². The summed E-state index contributed by atoms with van der Waals surface area (Å²) in [6, 6.07) is 9.13. The van der Waals surface area contributed by atoms with Gasteiger partial charge in [0.1, 0.15) is 17.9 Å². The second kappa shape index (κ2) is 10.4. The molecule has 2 amide bonds. The lowest BCUT2D eigenvalue weighted by atomic mass is 10.1. The topological polar surface area (TPSA) is 92.7 Å². The number of hydrogen-bond acceptors (Lipinski definition) is 6. The van der Waals surface area contributed by atoms with E-state index in [1.807, 2.05) is 51.1 Å². The maximum absolute atomic E-state index is 13.6. The van der Waals surface area contributed by atoms with E-state index >= 15 is 0 Å². The van der Waals surface area contributed by atoms with Gasteiger partial charge in [-0.05, 0) is 13.8 Å². The number of amides is 2. The van der Waals surface area contributed by atoms with Crippen LogP contribution in [0.15, 0.2) is 43.0 Å². The molecule has 33 heavy (non-hydrogen) atoms. The second-order valence-electron chi connectivity index (χ2n) is 8.40. The monoisotopic (exact) mass is 450 g/mol. The first kappa shape index (κ1) is 24.1.